The Morgan fingerprint density at radius 1 is 1.20 bits per heavy atom. The second kappa shape index (κ2) is 7.08. The van der Waals surface area contributed by atoms with Gasteiger partial charge in [-0.25, -0.2) is 4.79 Å². The maximum atomic E-state index is 12.1. The molecule has 4 nitrogen and oxygen atoms in total. The monoisotopic (exact) mass is 275 g/mol. The molecule has 4 heteroatoms. The van der Waals surface area contributed by atoms with Crippen LogP contribution in [0.25, 0.3) is 10.9 Å². The first-order chi connectivity index (χ1) is 9.76. The van der Waals surface area contributed by atoms with Crippen molar-refractivity contribution in [3.8, 4) is 6.08 Å². The van der Waals surface area contributed by atoms with E-state index in [-0.39, 0.29) is 11.7 Å². The summed E-state index contributed by atoms with van der Waals surface area (Å²) in [6.45, 7) is 4.44. The van der Waals surface area contributed by atoms with Crippen LogP contribution in [0, 0.1) is 0 Å². The second-order valence-corrected chi connectivity index (χ2v) is 4.82. The first-order valence-corrected chi connectivity index (χ1v) is 7.31. The Morgan fingerprint density at radius 3 is 2.80 bits per heavy atom. The highest BCUT2D eigenvalue weighted by molar-refractivity contribution is 5.80. The SMILES string of the molecule is CCCCCCc1cccc2nc(OCC)oc(=O)c12. The molecule has 20 heavy (non-hydrogen) atoms. The predicted molar refractivity (Wildman–Crippen MR) is 79.3 cm³/mol. The molecule has 0 aliphatic heterocycles. The first-order valence-electron chi connectivity index (χ1n) is 7.31. The number of rotatable bonds is 7. The van der Waals surface area contributed by atoms with Gasteiger partial charge in [-0.3, -0.25) is 0 Å². The fourth-order valence-corrected chi connectivity index (χ4v) is 2.30. The Hall–Kier alpha value is -1.84. The van der Waals surface area contributed by atoms with Gasteiger partial charge in [0, 0.05) is 0 Å². The average molecular weight is 275 g/mol. The number of unbranched alkanes of at least 4 members (excludes halogenated alkanes) is 3. The van der Waals surface area contributed by atoms with E-state index < -0.39 is 0 Å². The standard InChI is InChI=1S/C16H21NO3/c1-3-5-6-7-9-12-10-8-11-13-14(12)15(18)20-16(17-13)19-4-2/h8,10-11H,3-7,9H2,1-2H3. The molecule has 1 aromatic carbocycles. The Kier molecular flexibility index (Phi) is 5.16. The first kappa shape index (κ1) is 14.6. The molecule has 0 bridgehead atoms. The number of hydrogen-bond donors (Lipinski definition) is 0. The zero-order valence-electron chi connectivity index (χ0n) is 12.1. The average Bonchev–Trinajstić information content (AvgIpc) is 2.44. The van der Waals surface area contributed by atoms with Gasteiger partial charge < -0.3 is 9.15 Å². The highest BCUT2D eigenvalue weighted by atomic mass is 16.6. The van der Waals surface area contributed by atoms with E-state index >= 15 is 0 Å². The maximum Gasteiger partial charge on any atom is 0.397 e. The molecule has 0 atom stereocenters. The Bertz CT molecular complexity index is 619. The van der Waals surface area contributed by atoms with Crippen LogP contribution in [0.5, 0.6) is 6.08 Å². The number of ether oxygens (including phenoxy) is 1. The third-order valence-electron chi connectivity index (χ3n) is 3.29. The van der Waals surface area contributed by atoms with Crippen molar-refractivity contribution in [3.63, 3.8) is 0 Å². The second-order valence-electron chi connectivity index (χ2n) is 4.82. The van der Waals surface area contributed by atoms with Crippen LogP contribution in [0.3, 0.4) is 0 Å². The smallest absolute Gasteiger partial charge is 0.397 e. The number of nitrogens with zero attached hydrogens (tertiary/aromatic N) is 1. The van der Waals surface area contributed by atoms with Crippen molar-refractivity contribution in [2.45, 2.75) is 46.0 Å². The molecule has 0 saturated heterocycles. The molecule has 0 fully saturated rings. The zero-order chi connectivity index (χ0) is 14.4. The maximum absolute atomic E-state index is 12.1. The highest BCUT2D eigenvalue weighted by Crippen LogP contribution is 2.18. The normalized spacial score (nSPS) is 10.9. The molecule has 1 aromatic heterocycles. The van der Waals surface area contributed by atoms with Gasteiger partial charge >= 0.3 is 11.7 Å². The lowest BCUT2D eigenvalue weighted by molar-refractivity contribution is 0.229. The van der Waals surface area contributed by atoms with Crippen LogP contribution in [-0.2, 0) is 6.42 Å². The molecule has 0 radical (unpaired) electrons. The molecule has 0 aliphatic carbocycles. The van der Waals surface area contributed by atoms with Gasteiger partial charge in [0.05, 0.1) is 17.5 Å². The lowest BCUT2D eigenvalue weighted by Gasteiger charge is -2.06. The summed E-state index contributed by atoms with van der Waals surface area (Å²) in [6.07, 6.45) is 5.64. The molecular weight excluding hydrogens is 254 g/mol. The molecule has 0 aliphatic rings. The molecule has 0 spiro atoms. The van der Waals surface area contributed by atoms with Crippen LogP contribution >= 0.6 is 0 Å². The summed E-state index contributed by atoms with van der Waals surface area (Å²) in [4.78, 5) is 16.3. The molecule has 0 unspecified atom stereocenters. The summed E-state index contributed by atoms with van der Waals surface area (Å²) >= 11 is 0. The summed E-state index contributed by atoms with van der Waals surface area (Å²) in [5, 5.41) is 0.590. The van der Waals surface area contributed by atoms with Gasteiger partial charge in [0.15, 0.2) is 0 Å². The largest absolute Gasteiger partial charge is 0.450 e. The Balaban J connectivity index is 2.29. The van der Waals surface area contributed by atoms with Crippen molar-refractivity contribution in [2.75, 3.05) is 6.61 Å². The summed E-state index contributed by atoms with van der Waals surface area (Å²) in [5.41, 5.74) is 1.31. The summed E-state index contributed by atoms with van der Waals surface area (Å²) in [7, 11) is 0. The highest BCUT2D eigenvalue weighted by Gasteiger charge is 2.10. The van der Waals surface area contributed by atoms with Crippen molar-refractivity contribution >= 4 is 10.9 Å². The van der Waals surface area contributed by atoms with E-state index in [1.807, 2.05) is 25.1 Å². The van der Waals surface area contributed by atoms with E-state index in [2.05, 4.69) is 11.9 Å². The molecule has 108 valence electrons. The van der Waals surface area contributed by atoms with Crippen LogP contribution in [-0.4, -0.2) is 11.6 Å². The quantitative estimate of drug-likeness (QED) is 0.723. The van der Waals surface area contributed by atoms with Crippen molar-refractivity contribution in [3.05, 3.63) is 34.2 Å². The summed E-state index contributed by atoms with van der Waals surface area (Å²) in [5.74, 6) is 0. The molecule has 0 saturated carbocycles. The van der Waals surface area contributed by atoms with E-state index in [1.165, 1.54) is 19.3 Å². The molecule has 1 heterocycles. The van der Waals surface area contributed by atoms with Crippen molar-refractivity contribution < 1.29 is 9.15 Å². The van der Waals surface area contributed by atoms with Gasteiger partial charge in [-0.1, -0.05) is 38.3 Å². The third-order valence-corrected chi connectivity index (χ3v) is 3.29. The minimum Gasteiger partial charge on any atom is -0.450 e. The fourth-order valence-electron chi connectivity index (χ4n) is 2.30. The van der Waals surface area contributed by atoms with Crippen LogP contribution in [0.2, 0.25) is 0 Å². The number of benzene rings is 1. The van der Waals surface area contributed by atoms with Gasteiger partial charge in [0.2, 0.25) is 0 Å². The molecule has 2 aromatic rings. The van der Waals surface area contributed by atoms with E-state index in [4.69, 9.17) is 9.15 Å². The number of aryl methyl sites for hydroxylation is 1. The minimum atomic E-state index is -0.357. The Morgan fingerprint density at radius 2 is 2.05 bits per heavy atom. The summed E-state index contributed by atoms with van der Waals surface area (Å²) < 4.78 is 10.3. The third kappa shape index (κ3) is 3.38. The minimum absolute atomic E-state index is 0.0492. The molecule has 0 N–H and O–H groups in total. The van der Waals surface area contributed by atoms with Crippen LogP contribution in [0.15, 0.2) is 27.4 Å². The summed E-state index contributed by atoms with van der Waals surface area (Å²) in [6, 6.07) is 5.73. The zero-order valence-corrected chi connectivity index (χ0v) is 12.1. The lowest BCUT2D eigenvalue weighted by Crippen LogP contribution is -2.07. The van der Waals surface area contributed by atoms with Gasteiger partial charge in [-0.2, -0.15) is 4.98 Å². The van der Waals surface area contributed by atoms with Crippen molar-refractivity contribution in [2.24, 2.45) is 0 Å². The number of fused-ring (bicyclic) bond motifs is 1. The topological polar surface area (TPSA) is 52.3 Å². The van der Waals surface area contributed by atoms with E-state index in [9.17, 15) is 4.79 Å². The Labute approximate surface area is 118 Å². The van der Waals surface area contributed by atoms with E-state index in [0.717, 1.165) is 18.4 Å². The number of hydrogen-bond acceptors (Lipinski definition) is 4. The van der Waals surface area contributed by atoms with E-state index in [0.29, 0.717) is 17.5 Å². The van der Waals surface area contributed by atoms with Gasteiger partial charge in [-0.15, -0.1) is 0 Å². The van der Waals surface area contributed by atoms with Gasteiger partial charge in [0.25, 0.3) is 0 Å². The van der Waals surface area contributed by atoms with E-state index in [1.54, 1.807) is 0 Å². The van der Waals surface area contributed by atoms with Gasteiger partial charge in [-0.05, 0) is 31.4 Å². The lowest BCUT2D eigenvalue weighted by atomic mass is 10.0. The fraction of sp³-hybridized carbons (Fsp3) is 0.500. The molecule has 0 amide bonds. The number of aromatic nitrogens is 1. The van der Waals surface area contributed by atoms with Crippen molar-refractivity contribution in [1.29, 1.82) is 0 Å². The van der Waals surface area contributed by atoms with Crippen LogP contribution in [0.1, 0.15) is 45.1 Å². The van der Waals surface area contributed by atoms with Crippen molar-refractivity contribution in [1.82, 2.24) is 4.98 Å². The molecule has 2 rings (SSSR count). The predicted octanol–water partition coefficient (Wildman–Crippen LogP) is 3.71. The molecular formula is C16H21NO3. The van der Waals surface area contributed by atoms with Crippen LogP contribution < -0.4 is 10.4 Å². The van der Waals surface area contributed by atoms with Gasteiger partial charge in [0.1, 0.15) is 0 Å². The van der Waals surface area contributed by atoms with Crippen LogP contribution in [0.4, 0.5) is 0 Å².